The van der Waals surface area contributed by atoms with E-state index >= 15 is 0 Å². The van der Waals surface area contributed by atoms with Gasteiger partial charge < -0.3 is 10.5 Å². The van der Waals surface area contributed by atoms with E-state index in [-0.39, 0.29) is 6.04 Å². The molecule has 106 valence electrons. The summed E-state index contributed by atoms with van der Waals surface area (Å²) in [7, 11) is 1.66. The Hall–Kier alpha value is -1.22. The second-order valence-corrected chi connectivity index (χ2v) is 5.60. The molecule has 1 atom stereocenters. The maximum absolute atomic E-state index is 6.26. The van der Waals surface area contributed by atoms with Crippen LogP contribution in [0.4, 0.5) is 0 Å². The third kappa shape index (κ3) is 3.45. The maximum Gasteiger partial charge on any atom is 0.121 e. The minimum atomic E-state index is -0.0863. The monoisotopic (exact) mass is 309 g/mol. The van der Waals surface area contributed by atoms with Crippen LogP contribution in [0.25, 0.3) is 0 Å². The lowest BCUT2D eigenvalue weighted by Gasteiger charge is -2.15. The second-order valence-electron chi connectivity index (χ2n) is 4.79. The fraction of sp³-hybridized carbons (Fsp3) is 0.250. The van der Waals surface area contributed by atoms with Crippen molar-refractivity contribution in [3.63, 3.8) is 0 Å². The van der Waals surface area contributed by atoms with Crippen molar-refractivity contribution in [1.29, 1.82) is 0 Å². The molecule has 0 aliphatic carbocycles. The molecule has 0 aliphatic rings. The predicted octanol–water partition coefficient (Wildman–Crippen LogP) is 4.55. The highest BCUT2D eigenvalue weighted by molar-refractivity contribution is 6.42. The van der Waals surface area contributed by atoms with Gasteiger partial charge in [0.15, 0.2) is 0 Å². The van der Waals surface area contributed by atoms with Crippen LogP contribution in [0.1, 0.15) is 22.7 Å². The first-order valence-electron chi connectivity index (χ1n) is 6.35. The molecule has 1 unspecified atom stereocenters. The first kappa shape index (κ1) is 15.2. The lowest BCUT2D eigenvalue weighted by molar-refractivity contribution is 0.411. The van der Waals surface area contributed by atoms with Gasteiger partial charge in [-0.3, -0.25) is 0 Å². The average Bonchev–Trinajstić information content (AvgIpc) is 2.42. The molecular formula is C16H17Cl2NO. The summed E-state index contributed by atoms with van der Waals surface area (Å²) >= 11 is 11.9. The molecule has 2 nitrogen and oxygen atoms in total. The van der Waals surface area contributed by atoms with E-state index in [0.717, 1.165) is 22.4 Å². The van der Waals surface area contributed by atoms with E-state index in [0.29, 0.717) is 16.5 Å². The van der Waals surface area contributed by atoms with E-state index in [2.05, 4.69) is 6.07 Å². The van der Waals surface area contributed by atoms with E-state index in [1.54, 1.807) is 13.2 Å². The van der Waals surface area contributed by atoms with Crippen LogP contribution in [0.5, 0.6) is 5.75 Å². The van der Waals surface area contributed by atoms with E-state index in [9.17, 15) is 0 Å². The van der Waals surface area contributed by atoms with Gasteiger partial charge in [0, 0.05) is 6.04 Å². The smallest absolute Gasteiger partial charge is 0.121 e. The number of benzene rings is 2. The zero-order valence-corrected chi connectivity index (χ0v) is 13.0. The molecule has 0 radical (unpaired) electrons. The third-order valence-corrected chi connectivity index (χ3v) is 4.03. The minimum Gasteiger partial charge on any atom is -0.496 e. The zero-order chi connectivity index (χ0) is 14.7. The van der Waals surface area contributed by atoms with Crippen LogP contribution in [0.3, 0.4) is 0 Å². The summed E-state index contributed by atoms with van der Waals surface area (Å²) in [5, 5.41) is 1.12. The van der Waals surface area contributed by atoms with Crippen LogP contribution in [0, 0.1) is 6.92 Å². The molecule has 0 aliphatic heterocycles. The van der Waals surface area contributed by atoms with Gasteiger partial charge in [-0.25, -0.2) is 0 Å². The van der Waals surface area contributed by atoms with Crippen molar-refractivity contribution in [3.05, 3.63) is 63.1 Å². The summed E-state index contributed by atoms with van der Waals surface area (Å²) in [5.41, 5.74) is 9.48. The Bertz CT molecular complexity index is 613. The number of rotatable bonds is 4. The van der Waals surface area contributed by atoms with Gasteiger partial charge >= 0.3 is 0 Å². The van der Waals surface area contributed by atoms with Crippen LogP contribution in [-0.4, -0.2) is 7.11 Å². The standard InChI is InChI=1S/C16H17Cl2NO/c1-10-7-12(4-6-16(10)20-2)15(19)9-11-3-5-13(17)14(18)8-11/h3-8,15H,9,19H2,1-2H3. The highest BCUT2D eigenvalue weighted by atomic mass is 35.5. The van der Waals surface area contributed by atoms with Crippen molar-refractivity contribution in [2.45, 2.75) is 19.4 Å². The molecule has 0 fully saturated rings. The summed E-state index contributed by atoms with van der Waals surface area (Å²) in [6, 6.07) is 11.5. The number of hydrogen-bond donors (Lipinski definition) is 1. The quantitative estimate of drug-likeness (QED) is 0.899. The number of hydrogen-bond acceptors (Lipinski definition) is 2. The van der Waals surface area contributed by atoms with E-state index < -0.39 is 0 Å². The molecule has 0 saturated heterocycles. The Kier molecular flexibility index (Phi) is 4.92. The largest absolute Gasteiger partial charge is 0.496 e. The Labute approximate surface area is 129 Å². The van der Waals surface area contributed by atoms with E-state index in [1.807, 2.05) is 31.2 Å². The molecule has 20 heavy (non-hydrogen) atoms. The molecule has 2 aromatic carbocycles. The highest BCUT2D eigenvalue weighted by Gasteiger charge is 2.10. The summed E-state index contributed by atoms with van der Waals surface area (Å²) in [5.74, 6) is 0.871. The van der Waals surface area contributed by atoms with Crippen LogP contribution < -0.4 is 10.5 Å². The highest BCUT2D eigenvalue weighted by Crippen LogP contribution is 2.26. The Balaban J connectivity index is 2.17. The molecule has 4 heteroatoms. The van der Waals surface area contributed by atoms with Crippen LogP contribution in [-0.2, 0) is 6.42 Å². The van der Waals surface area contributed by atoms with Gasteiger partial charge in [0.1, 0.15) is 5.75 Å². The summed E-state index contributed by atoms with van der Waals surface area (Å²) < 4.78 is 5.25. The Morgan fingerprint density at radius 3 is 2.45 bits per heavy atom. The summed E-state index contributed by atoms with van der Waals surface area (Å²) in [6.45, 7) is 2.01. The first-order chi connectivity index (χ1) is 9.51. The lowest BCUT2D eigenvalue weighted by atomic mass is 9.98. The molecule has 0 amide bonds. The molecule has 0 bridgehead atoms. The van der Waals surface area contributed by atoms with Crippen LogP contribution in [0.15, 0.2) is 36.4 Å². The predicted molar refractivity (Wildman–Crippen MR) is 84.8 cm³/mol. The lowest BCUT2D eigenvalue weighted by Crippen LogP contribution is -2.13. The van der Waals surface area contributed by atoms with Gasteiger partial charge in [0.25, 0.3) is 0 Å². The van der Waals surface area contributed by atoms with Crippen molar-refractivity contribution >= 4 is 23.2 Å². The molecular weight excluding hydrogens is 293 g/mol. The average molecular weight is 310 g/mol. The Morgan fingerprint density at radius 1 is 1.10 bits per heavy atom. The van der Waals surface area contributed by atoms with Crippen molar-refractivity contribution in [2.24, 2.45) is 5.73 Å². The fourth-order valence-corrected chi connectivity index (χ4v) is 2.49. The molecule has 0 saturated carbocycles. The number of halogens is 2. The topological polar surface area (TPSA) is 35.2 Å². The second kappa shape index (κ2) is 6.49. The molecule has 0 spiro atoms. The van der Waals surface area contributed by atoms with Crippen LogP contribution >= 0.6 is 23.2 Å². The zero-order valence-electron chi connectivity index (χ0n) is 11.5. The Morgan fingerprint density at radius 2 is 1.85 bits per heavy atom. The maximum atomic E-state index is 6.26. The van der Waals surface area contributed by atoms with Crippen molar-refractivity contribution in [3.8, 4) is 5.75 Å². The molecule has 2 rings (SSSR count). The number of ether oxygens (including phenoxy) is 1. The molecule has 0 aromatic heterocycles. The number of aryl methyl sites for hydroxylation is 1. The van der Waals surface area contributed by atoms with Crippen molar-refractivity contribution < 1.29 is 4.74 Å². The van der Waals surface area contributed by atoms with E-state index in [4.69, 9.17) is 33.7 Å². The fourth-order valence-electron chi connectivity index (χ4n) is 2.17. The van der Waals surface area contributed by atoms with Crippen LogP contribution in [0.2, 0.25) is 10.0 Å². The van der Waals surface area contributed by atoms with Gasteiger partial charge in [-0.05, 0) is 48.2 Å². The normalized spacial score (nSPS) is 12.2. The van der Waals surface area contributed by atoms with Gasteiger partial charge in [-0.2, -0.15) is 0 Å². The van der Waals surface area contributed by atoms with Gasteiger partial charge in [-0.1, -0.05) is 41.4 Å². The molecule has 2 aromatic rings. The number of methoxy groups -OCH3 is 1. The van der Waals surface area contributed by atoms with Gasteiger partial charge in [-0.15, -0.1) is 0 Å². The van der Waals surface area contributed by atoms with Crippen molar-refractivity contribution in [1.82, 2.24) is 0 Å². The third-order valence-electron chi connectivity index (χ3n) is 3.29. The van der Waals surface area contributed by atoms with E-state index in [1.165, 1.54) is 0 Å². The first-order valence-corrected chi connectivity index (χ1v) is 7.11. The van der Waals surface area contributed by atoms with Crippen molar-refractivity contribution in [2.75, 3.05) is 7.11 Å². The van der Waals surface area contributed by atoms with Gasteiger partial charge in [0.05, 0.1) is 17.2 Å². The molecule has 0 heterocycles. The molecule has 2 N–H and O–H groups in total. The van der Waals surface area contributed by atoms with Gasteiger partial charge in [0.2, 0.25) is 0 Å². The number of nitrogens with two attached hydrogens (primary N) is 1. The summed E-state index contributed by atoms with van der Waals surface area (Å²) in [4.78, 5) is 0. The summed E-state index contributed by atoms with van der Waals surface area (Å²) in [6.07, 6.45) is 0.711. The minimum absolute atomic E-state index is 0.0863. The SMILES string of the molecule is COc1ccc(C(N)Cc2ccc(Cl)c(Cl)c2)cc1C.